The molecule has 4 amide bonds. The molecule has 1 unspecified atom stereocenters. The fourth-order valence-electron chi connectivity index (χ4n) is 10.1. The van der Waals surface area contributed by atoms with Crippen LogP contribution in [0.1, 0.15) is 95.3 Å². The van der Waals surface area contributed by atoms with E-state index in [4.69, 9.17) is 41.7 Å². The zero-order valence-electron chi connectivity index (χ0n) is 39.3. The average molecular weight is 964 g/mol. The van der Waals surface area contributed by atoms with Crippen molar-refractivity contribution < 1.29 is 28.4 Å². The van der Waals surface area contributed by atoms with E-state index < -0.39 is 12.1 Å². The monoisotopic (exact) mass is 962 g/mol. The third kappa shape index (κ3) is 9.91. The summed E-state index contributed by atoms with van der Waals surface area (Å²) < 4.78 is 13.4. The van der Waals surface area contributed by atoms with E-state index in [1.165, 1.54) is 6.33 Å². The van der Waals surface area contributed by atoms with Crippen molar-refractivity contribution in [1.82, 2.24) is 54.9 Å². The number of benzene rings is 1. The molecular formula is C48H59ClN14O6. The number of ether oxygens (including phenoxy) is 1. The molecule has 4 aliphatic heterocycles. The van der Waals surface area contributed by atoms with Gasteiger partial charge in [0.05, 0.1) is 27.2 Å². The molecule has 1 aromatic carbocycles. The fourth-order valence-corrected chi connectivity index (χ4v) is 10.4. The summed E-state index contributed by atoms with van der Waals surface area (Å²) >= 11 is 6.72. The van der Waals surface area contributed by atoms with E-state index in [9.17, 15) is 19.2 Å². The number of hydrogen-bond donors (Lipinski definition) is 3. The predicted molar refractivity (Wildman–Crippen MR) is 257 cm³/mol. The van der Waals surface area contributed by atoms with Crippen LogP contribution in [0.2, 0.25) is 5.02 Å². The number of fused-ring (bicyclic) bond motifs is 1. The third-order valence-electron chi connectivity index (χ3n) is 14.2. The number of aromatic nitrogens is 7. The Hall–Kier alpha value is -6.41. The number of rotatable bonds is 11. The second-order valence-corrected chi connectivity index (χ2v) is 20.4. The molecule has 20 nitrogen and oxygen atoms in total. The van der Waals surface area contributed by atoms with Crippen molar-refractivity contribution >= 4 is 63.6 Å². The van der Waals surface area contributed by atoms with E-state index in [-0.39, 0.29) is 41.7 Å². The Kier molecular flexibility index (Phi) is 12.9. The molecule has 4 aromatic heterocycles. The first-order valence-electron chi connectivity index (χ1n) is 24.2. The Bertz CT molecular complexity index is 2730. The van der Waals surface area contributed by atoms with Gasteiger partial charge in [0.25, 0.3) is 5.91 Å². The van der Waals surface area contributed by atoms with Gasteiger partial charge >= 0.3 is 6.09 Å². The van der Waals surface area contributed by atoms with Gasteiger partial charge in [-0.1, -0.05) is 16.8 Å². The predicted octanol–water partition coefficient (Wildman–Crippen LogP) is 5.40. The number of nitrogens with zero attached hydrogens (tertiary/aromatic N) is 11. The van der Waals surface area contributed by atoms with Gasteiger partial charge in [-0.25, -0.2) is 29.4 Å². The smallest absolute Gasteiger partial charge is 0.410 e. The molecule has 1 aliphatic carbocycles. The molecule has 5 aliphatic rings. The Morgan fingerprint density at radius 1 is 0.884 bits per heavy atom. The fraction of sp³-hybridized carbons (Fsp3) is 0.542. The first kappa shape index (κ1) is 46.3. The summed E-state index contributed by atoms with van der Waals surface area (Å²) in [5.41, 5.74) is 11.1. The van der Waals surface area contributed by atoms with Crippen molar-refractivity contribution in [2.45, 2.75) is 95.6 Å². The number of carbonyl (C=O) groups is 4. The van der Waals surface area contributed by atoms with Crippen LogP contribution in [0.5, 0.6) is 0 Å². The lowest BCUT2D eigenvalue weighted by Gasteiger charge is -2.40. The molecule has 4 N–H and O–H groups in total. The van der Waals surface area contributed by atoms with Crippen LogP contribution in [0.4, 0.5) is 22.0 Å². The lowest BCUT2D eigenvalue weighted by Crippen LogP contribution is -2.49. The lowest BCUT2D eigenvalue weighted by atomic mass is 9.91. The van der Waals surface area contributed by atoms with Crippen molar-refractivity contribution in [3.8, 4) is 22.8 Å². The van der Waals surface area contributed by atoms with Gasteiger partial charge in [0.2, 0.25) is 11.8 Å². The van der Waals surface area contributed by atoms with E-state index >= 15 is 0 Å². The maximum absolute atomic E-state index is 13.2. The molecule has 5 aromatic rings. The van der Waals surface area contributed by atoms with Crippen molar-refractivity contribution in [1.29, 1.82) is 0 Å². The molecule has 8 heterocycles. The molecule has 364 valence electrons. The van der Waals surface area contributed by atoms with Crippen LogP contribution in [-0.2, 0) is 24.7 Å². The van der Waals surface area contributed by atoms with Gasteiger partial charge < -0.3 is 35.0 Å². The van der Waals surface area contributed by atoms with Crippen LogP contribution >= 0.6 is 11.6 Å². The molecule has 0 radical (unpaired) electrons. The number of amides is 4. The highest BCUT2D eigenvalue weighted by atomic mass is 35.5. The minimum Gasteiger partial charge on any atom is -0.439 e. The number of nitrogen functional groups attached to an aromatic ring is 1. The number of piperidine rings is 3. The Morgan fingerprint density at radius 2 is 1.61 bits per heavy atom. The summed E-state index contributed by atoms with van der Waals surface area (Å²) in [6.07, 6.45) is 10.6. The first-order chi connectivity index (χ1) is 33.3. The number of piperazine rings is 1. The summed E-state index contributed by atoms with van der Waals surface area (Å²) in [7, 11) is 0. The first-order valence-corrected chi connectivity index (χ1v) is 24.5. The van der Waals surface area contributed by atoms with Gasteiger partial charge in [0.15, 0.2) is 23.8 Å². The van der Waals surface area contributed by atoms with Crippen LogP contribution in [0.25, 0.3) is 33.8 Å². The Balaban J connectivity index is 0.663. The summed E-state index contributed by atoms with van der Waals surface area (Å²) in [6.45, 7) is 12.6. The lowest BCUT2D eigenvalue weighted by molar-refractivity contribution is -0.136. The SMILES string of the molecule is CC(C)(C)n1nc(-c2noc(C3CC3)c2-c2ncc(C3CCN(C(=O)OCC(=O)N4CCC(CN5CCN(c6ccc(NC7CCC(=O)NC7=O)cc6Cl)CC5)CC4)CC3)cn2)c2c(N)ncnc21. The zero-order valence-corrected chi connectivity index (χ0v) is 40.1. The van der Waals surface area contributed by atoms with Gasteiger partial charge in [0.1, 0.15) is 29.6 Å². The molecular weight excluding hydrogens is 904 g/mol. The highest BCUT2D eigenvalue weighted by Gasteiger charge is 2.37. The topological polar surface area (TPSA) is 236 Å². The largest absolute Gasteiger partial charge is 0.439 e. The minimum atomic E-state index is -0.469. The number of likely N-dealkylation sites (tertiary alicyclic amines) is 2. The highest BCUT2D eigenvalue weighted by molar-refractivity contribution is 6.33. The summed E-state index contributed by atoms with van der Waals surface area (Å²) in [4.78, 5) is 76.8. The van der Waals surface area contributed by atoms with Gasteiger partial charge in [-0.3, -0.25) is 24.6 Å². The van der Waals surface area contributed by atoms with E-state index in [2.05, 4.69) is 35.6 Å². The summed E-state index contributed by atoms with van der Waals surface area (Å²) in [5, 5.41) is 16.3. The average Bonchev–Trinajstić information content (AvgIpc) is 3.96. The molecule has 10 rings (SSSR count). The van der Waals surface area contributed by atoms with E-state index in [1.807, 2.05) is 60.9 Å². The van der Waals surface area contributed by atoms with Crippen LogP contribution < -0.4 is 21.3 Å². The molecule has 5 fully saturated rings. The maximum Gasteiger partial charge on any atom is 0.410 e. The summed E-state index contributed by atoms with van der Waals surface area (Å²) in [5.74, 6) is 1.67. The maximum atomic E-state index is 13.2. The molecule has 1 atom stereocenters. The number of nitrogens with one attached hydrogen (secondary N) is 2. The quantitative estimate of drug-likeness (QED) is 0.141. The van der Waals surface area contributed by atoms with Crippen molar-refractivity contribution in [2.24, 2.45) is 5.92 Å². The van der Waals surface area contributed by atoms with Gasteiger partial charge in [-0.15, -0.1) is 0 Å². The highest BCUT2D eigenvalue weighted by Crippen LogP contribution is 2.48. The third-order valence-corrected chi connectivity index (χ3v) is 14.5. The molecule has 69 heavy (non-hydrogen) atoms. The molecule has 4 saturated heterocycles. The van der Waals surface area contributed by atoms with E-state index in [1.54, 1.807) is 4.90 Å². The normalized spacial score (nSPS) is 20.1. The van der Waals surface area contributed by atoms with Crippen molar-refractivity contribution in [3.05, 3.63) is 53.3 Å². The number of nitrogens with two attached hydrogens (primary N) is 1. The van der Waals surface area contributed by atoms with Crippen LogP contribution in [0.15, 0.2) is 41.4 Å². The number of imide groups is 1. The van der Waals surface area contributed by atoms with Crippen LogP contribution in [0.3, 0.4) is 0 Å². The Morgan fingerprint density at radius 3 is 2.29 bits per heavy atom. The number of hydrogen-bond acceptors (Lipinski definition) is 16. The number of halogens is 1. The van der Waals surface area contributed by atoms with Gasteiger partial charge in [-0.05, 0) is 101 Å². The van der Waals surface area contributed by atoms with Gasteiger partial charge in [-0.2, -0.15) is 5.10 Å². The second-order valence-electron chi connectivity index (χ2n) is 20.0. The summed E-state index contributed by atoms with van der Waals surface area (Å²) in [6, 6.07) is 5.28. The van der Waals surface area contributed by atoms with E-state index in [0.29, 0.717) is 102 Å². The van der Waals surface area contributed by atoms with Crippen LogP contribution in [-0.4, -0.2) is 145 Å². The standard InChI is InChI=1S/C48H59ClN14O6/c1-48(2,3)63-45-39(43(50)53-27-54-45)40(57-63)41-38(42(69-58-41)30-4-5-30)44-51-23-31(24-52-44)29-12-16-62(17-13-29)47(67)68-26-37(65)61-14-10-28(11-15-61)25-59-18-20-60(21-19-59)35-8-6-32(22-33(35)49)55-34-7-9-36(64)56-46(34)66/h6,8,22-24,27-30,34,55H,4-5,7,9-21,25-26H2,1-3H3,(H2,50,53,54)(H,56,64,66). The zero-order chi connectivity index (χ0) is 48.0. The number of anilines is 3. The molecule has 0 spiro atoms. The minimum absolute atomic E-state index is 0.150. The van der Waals surface area contributed by atoms with E-state index in [0.717, 1.165) is 81.1 Å². The molecule has 1 saturated carbocycles. The van der Waals surface area contributed by atoms with Crippen LogP contribution in [0, 0.1) is 5.92 Å². The number of carbonyl (C=O) groups excluding carboxylic acids is 4. The molecule has 21 heteroatoms. The molecule has 0 bridgehead atoms. The van der Waals surface area contributed by atoms with Gasteiger partial charge in [0, 0.05) is 89.3 Å². The van der Waals surface area contributed by atoms with Crippen molar-refractivity contribution in [3.63, 3.8) is 0 Å². The second kappa shape index (κ2) is 19.2. The Labute approximate surface area is 404 Å². The van der Waals surface area contributed by atoms with Crippen molar-refractivity contribution in [2.75, 3.05) is 81.5 Å².